The van der Waals surface area contributed by atoms with Gasteiger partial charge in [-0.3, -0.25) is 4.57 Å². The molecule has 7 aromatic carbocycles. The van der Waals surface area contributed by atoms with Gasteiger partial charge < -0.3 is 4.42 Å². The lowest BCUT2D eigenvalue weighted by molar-refractivity contribution is 0.669. The van der Waals surface area contributed by atoms with Crippen LogP contribution in [0.1, 0.15) is 0 Å². The van der Waals surface area contributed by atoms with Crippen molar-refractivity contribution in [1.29, 1.82) is 0 Å². The fourth-order valence-corrected chi connectivity index (χ4v) is 7.90. The Balaban J connectivity index is 1.29. The van der Waals surface area contributed by atoms with E-state index < -0.39 is 0 Å². The number of para-hydroxylation sites is 2. The molecule has 1 aliphatic rings. The minimum Gasteiger partial charge on any atom is -0.456 e. The van der Waals surface area contributed by atoms with E-state index in [1.54, 1.807) is 0 Å². The Labute approximate surface area is 262 Å². The minimum atomic E-state index is 0.653. The molecule has 46 heavy (non-hydrogen) atoms. The molecular formula is C42H23N3O. The van der Waals surface area contributed by atoms with Crippen molar-refractivity contribution in [3.05, 3.63) is 140 Å². The van der Waals surface area contributed by atoms with Gasteiger partial charge in [0.2, 0.25) is 5.95 Å². The fraction of sp³-hybridized carbons (Fsp3) is 0. The van der Waals surface area contributed by atoms with Crippen LogP contribution in [0.15, 0.2) is 144 Å². The molecule has 0 bridgehead atoms. The van der Waals surface area contributed by atoms with E-state index >= 15 is 0 Å². The molecule has 0 aliphatic heterocycles. The van der Waals surface area contributed by atoms with Crippen molar-refractivity contribution < 1.29 is 4.42 Å². The first kappa shape index (κ1) is 24.1. The first-order chi connectivity index (χ1) is 22.8. The van der Waals surface area contributed by atoms with E-state index in [1.165, 1.54) is 43.8 Å². The van der Waals surface area contributed by atoms with Gasteiger partial charge in [0.15, 0.2) is 0 Å². The Kier molecular flexibility index (Phi) is 4.55. The maximum atomic E-state index is 6.29. The van der Waals surface area contributed by atoms with Crippen LogP contribution in [-0.4, -0.2) is 14.5 Å². The molecular weight excluding hydrogens is 562 g/mol. The summed E-state index contributed by atoms with van der Waals surface area (Å²) in [6, 6.07) is 49.4. The van der Waals surface area contributed by atoms with E-state index in [9.17, 15) is 0 Å². The second-order valence-electron chi connectivity index (χ2n) is 12.1. The average Bonchev–Trinajstić information content (AvgIpc) is 3.63. The van der Waals surface area contributed by atoms with Gasteiger partial charge in [-0.2, -0.15) is 0 Å². The molecule has 0 amide bonds. The van der Waals surface area contributed by atoms with Gasteiger partial charge in [-0.15, -0.1) is 0 Å². The zero-order valence-electron chi connectivity index (χ0n) is 24.5. The van der Waals surface area contributed by atoms with Crippen molar-refractivity contribution in [1.82, 2.24) is 14.5 Å². The summed E-state index contributed by atoms with van der Waals surface area (Å²) in [7, 11) is 0. The fourth-order valence-electron chi connectivity index (χ4n) is 7.90. The van der Waals surface area contributed by atoms with Crippen molar-refractivity contribution in [2.75, 3.05) is 0 Å². The van der Waals surface area contributed by atoms with Crippen molar-refractivity contribution in [2.24, 2.45) is 0 Å². The Hall–Kier alpha value is -6.26. The van der Waals surface area contributed by atoms with Crippen molar-refractivity contribution >= 4 is 65.4 Å². The van der Waals surface area contributed by atoms with E-state index in [0.29, 0.717) is 5.95 Å². The highest BCUT2D eigenvalue weighted by molar-refractivity contribution is 6.27. The standard InChI is InChI=1S/C42H23N3O/c1-3-19-32-29(12-1)41(31-18-9-23-36-38(31)30-13-2-4-22-35(30)46-36)44-42(43-32)45-33-20-7-16-27-25-14-5-10-24-11-6-15-26(37(24)25)28-17-8-21-34(45)40(28)39(27)33/h1-23H. The molecule has 0 saturated heterocycles. The highest BCUT2D eigenvalue weighted by Gasteiger charge is 2.26. The van der Waals surface area contributed by atoms with Crippen LogP contribution in [-0.2, 0) is 0 Å². The number of rotatable bonds is 2. The number of hydrogen-bond acceptors (Lipinski definition) is 3. The van der Waals surface area contributed by atoms with Crippen molar-refractivity contribution in [3.8, 4) is 39.5 Å². The number of benzene rings is 7. The number of furan rings is 1. The SMILES string of the molecule is c1cc2c3c(cccc3c1)-c1cccc3c1c1c-2cccc1n3-c1nc(-c2cccc3oc4ccccc4c23)c2ccccc2n1. The smallest absolute Gasteiger partial charge is 0.235 e. The van der Waals surface area contributed by atoms with Crippen molar-refractivity contribution in [2.45, 2.75) is 0 Å². The van der Waals surface area contributed by atoms with E-state index in [1.807, 2.05) is 18.2 Å². The number of hydrogen-bond donors (Lipinski definition) is 0. The molecule has 0 radical (unpaired) electrons. The molecule has 3 heterocycles. The zero-order valence-corrected chi connectivity index (χ0v) is 24.5. The first-order valence-electron chi connectivity index (χ1n) is 15.6. The van der Waals surface area contributed by atoms with Gasteiger partial charge in [-0.05, 0) is 63.4 Å². The van der Waals surface area contributed by atoms with Crippen LogP contribution in [0.3, 0.4) is 0 Å². The minimum absolute atomic E-state index is 0.653. The summed E-state index contributed by atoms with van der Waals surface area (Å²) in [6.45, 7) is 0. The quantitative estimate of drug-likeness (QED) is 0.203. The van der Waals surface area contributed by atoms with Gasteiger partial charge in [0, 0.05) is 32.5 Å². The number of aromatic nitrogens is 3. The zero-order chi connectivity index (χ0) is 29.9. The third kappa shape index (κ3) is 3.03. The number of fused-ring (bicyclic) bond motifs is 6. The normalized spacial score (nSPS) is 12.3. The predicted molar refractivity (Wildman–Crippen MR) is 189 cm³/mol. The molecule has 4 heteroatoms. The van der Waals surface area contributed by atoms with Gasteiger partial charge >= 0.3 is 0 Å². The largest absolute Gasteiger partial charge is 0.456 e. The average molecular weight is 586 g/mol. The molecule has 11 rings (SSSR count). The van der Waals surface area contributed by atoms with Crippen LogP contribution < -0.4 is 0 Å². The third-order valence-corrected chi connectivity index (χ3v) is 9.75. The highest BCUT2D eigenvalue weighted by atomic mass is 16.3. The van der Waals surface area contributed by atoms with Gasteiger partial charge in [0.1, 0.15) is 11.2 Å². The summed E-state index contributed by atoms with van der Waals surface area (Å²) in [6.07, 6.45) is 0. The molecule has 3 aromatic heterocycles. The second kappa shape index (κ2) is 8.68. The number of nitrogens with zero attached hydrogens (tertiary/aromatic N) is 3. The van der Waals surface area contributed by atoms with E-state index in [0.717, 1.165) is 55.1 Å². The molecule has 0 spiro atoms. The maximum absolute atomic E-state index is 6.29. The van der Waals surface area contributed by atoms with Crippen LogP contribution in [0.5, 0.6) is 0 Å². The highest BCUT2D eigenvalue weighted by Crippen LogP contribution is 2.49. The Bertz CT molecular complexity index is 2830. The lowest BCUT2D eigenvalue weighted by Gasteiger charge is -2.14. The topological polar surface area (TPSA) is 43.9 Å². The summed E-state index contributed by atoms with van der Waals surface area (Å²) in [5.41, 5.74) is 11.7. The maximum Gasteiger partial charge on any atom is 0.235 e. The van der Waals surface area contributed by atoms with E-state index in [-0.39, 0.29) is 0 Å². The molecule has 10 aromatic rings. The summed E-state index contributed by atoms with van der Waals surface area (Å²) in [5.74, 6) is 0.653. The predicted octanol–water partition coefficient (Wildman–Crippen LogP) is 11.1. The lowest BCUT2D eigenvalue weighted by Crippen LogP contribution is -2.03. The van der Waals surface area contributed by atoms with E-state index in [2.05, 4.69) is 126 Å². The molecule has 0 N–H and O–H groups in total. The van der Waals surface area contributed by atoms with Crippen LogP contribution in [0, 0.1) is 0 Å². The third-order valence-electron chi connectivity index (χ3n) is 9.75. The second-order valence-corrected chi connectivity index (χ2v) is 12.1. The Morgan fingerprint density at radius 2 is 0.978 bits per heavy atom. The monoisotopic (exact) mass is 585 g/mol. The Morgan fingerprint density at radius 1 is 0.413 bits per heavy atom. The van der Waals surface area contributed by atoms with Crippen LogP contribution in [0.25, 0.3) is 105 Å². The summed E-state index contributed by atoms with van der Waals surface area (Å²) in [4.78, 5) is 10.7. The first-order valence-corrected chi connectivity index (χ1v) is 15.6. The van der Waals surface area contributed by atoms with Gasteiger partial charge in [-0.1, -0.05) is 109 Å². The van der Waals surface area contributed by atoms with Gasteiger partial charge in [-0.25, -0.2) is 9.97 Å². The Morgan fingerprint density at radius 3 is 1.72 bits per heavy atom. The molecule has 0 atom stereocenters. The molecule has 0 unspecified atom stereocenters. The molecule has 0 saturated carbocycles. The van der Waals surface area contributed by atoms with Crippen LogP contribution in [0.2, 0.25) is 0 Å². The molecule has 1 aliphatic carbocycles. The van der Waals surface area contributed by atoms with Gasteiger partial charge in [0.05, 0.1) is 22.2 Å². The molecule has 212 valence electrons. The van der Waals surface area contributed by atoms with Gasteiger partial charge in [0.25, 0.3) is 0 Å². The summed E-state index contributed by atoms with van der Waals surface area (Å²) >= 11 is 0. The van der Waals surface area contributed by atoms with E-state index in [4.69, 9.17) is 14.4 Å². The summed E-state index contributed by atoms with van der Waals surface area (Å²) < 4.78 is 8.55. The lowest BCUT2D eigenvalue weighted by atomic mass is 9.93. The molecule has 4 nitrogen and oxygen atoms in total. The van der Waals surface area contributed by atoms with Crippen LogP contribution >= 0.6 is 0 Å². The van der Waals surface area contributed by atoms with Crippen molar-refractivity contribution in [3.63, 3.8) is 0 Å². The van der Waals surface area contributed by atoms with Crippen LogP contribution in [0.4, 0.5) is 0 Å². The molecule has 0 fully saturated rings. The summed E-state index contributed by atoms with van der Waals surface area (Å²) in [5, 5.41) is 8.18.